The smallest absolute Gasteiger partial charge is 0.258 e. The number of ether oxygens (including phenoxy) is 1. The minimum atomic E-state index is -0.0434. The molecule has 0 bridgehead atoms. The van der Waals surface area contributed by atoms with E-state index in [4.69, 9.17) is 10.5 Å². The Kier molecular flexibility index (Phi) is 4.07. The Morgan fingerprint density at radius 2 is 2.17 bits per heavy atom. The van der Waals surface area contributed by atoms with Crippen LogP contribution in [0.3, 0.4) is 0 Å². The summed E-state index contributed by atoms with van der Waals surface area (Å²) in [6.45, 7) is 1.99. The Bertz CT molecular complexity index is 426. The summed E-state index contributed by atoms with van der Waals surface area (Å²) in [6.07, 6.45) is 4.60. The van der Waals surface area contributed by atoms with E-state index in [1.165, 1.54) is 12.8 Å². The molecule has 18 heavy (non-hydrogen) atoms. The van der Waals surface area contributed by atoms with Crippen LogP contribution in [0.1, 0.15) is 31.2 Å². The normalized spacial score (nSPS) is 15.6. The molecule has 0 saturated heterocycles. The highest BCUT2D eigenvalue weighted by Crippen LogP contribution is 2.20. The van der Waals surface area contributed by atoms with Crippen molar-refractivity contribution in [3.8, 4) is 5.75 Å². The van der Waals surface area contributed by atoms with Crippen molar-refractivity contribution in [2.45, 2.75) is 38.6 Å². The lowest BCUT2D eigenvalue weighted by Gasteiger charge is -2.13. The predicted octanol–water partition coefficient (Wildman–Crippen LogP) is 2.01. The number of benzene rings is 1. The molecule has 1 aromatic carbocycles. The molecule has 1 aromatic rings. The van der Waals surface area contributed by atoms with E-state index in [0.717, 1.165) is 18.4 Å². The van der Waals surface area contributed by atoms with E-state index >= 15 is 0 Å². The molecule has 1 fully saturated rings. The van der Waals surface area contributed by atoms with Gasteiger partial charge in [-0.1, -0.05) is 12.8 Å². The third kappa shape index (κ3) is 3.39. The zero-order valence-corrected chi connectivity index (χ0v) is 10.7. The van der Waals surface area contributed by atoms with Gasteiger partial charge in [-0.15, -0.1) is 0 Å². The van der Waals surface area contributed by atoms with Gasteiger partial charge in [0.2, 0.25) is 0 Å². The highest BCUT2D eigenvalue weighted by molar-refractivity contribution is 5.77. The van der Waals surface area contributed by atoms with Crippen LogP contribution in [-0.2, 0) is 4.79 Å². The summed E-state index contributed by atoms with van der Waals surface area (Å²) >= 11 is 0. The maximum absolute atomic E-state index is 11.7. The fraction of sp³-hybridized carbons (Fsp3) is 0.500. The van der Waals surface area contributed by atoms with Crippen LogP contribution in [0.4, 0.5) is 5.69 Å². The summed E-state index contributed by atoms with van der Waals surface area (Å²) in [7, 11) is 0. The van der Waals surface area contributed by atoms with Gasteiger partial charge in [-0.05, 0) is 43.5 Å². The Morgan fingerprint density at radius 3 is 2.83 bits per heavy atom. The number of hydrogen-bond donors (Lipinski definition) is 2. The van der Waals surface area contributed by atoms with Crippen LogP contribution in [-0.4, -0.2) is 18.6 Å². The molecule has 1 aliphatic rings. The fourth-order valence-electron chi connectivity index (χ4n) is 2.32. The van der Waals surface area contributed by atoms with Crippen LogP contribution in [0.25, 0.3) is 0 Å². The molecule has 1 saturated carbocycles. The van der Waals surface area contributed by atoms with Crippen LogP contribution in [0.5, 0.6) is 5.75 Å². The van der Waals surface area contributed by atoms with Crippen molar-refractivity contribution in [3.05, 3.63) is 23.8 Å². The molecule has 0 atom stereocenters. The molecular formula is C14H20N2O2. The molecule has 1 amide bonds. The summed E-state index contributed by atoms with van der Waals surface area (Å²) < 4.78 is 5.50. The van der Waals surface area contributed by atoms with Crippen LogP contribution in [0.2, 0.25) is 0 Å². The quantitative estimate of drug-likeness (QED) is 0.801. The number of nitrogen functional groups attached to an aromatic ring is 1. The first-order valence-electron chi connectivity index (χ1n) is 6.43. The molecule has 0 unspecified atom stereocenters. The highest BCUT2D eigenvalue weighted by atomic mass is 16.5. The minimum absolute atomic E-state index is 0.0434. The summed E-state index contributed by atoms with van der Waals surface area (Å²) in [5, 5.41) is 2.99. The highest BCUT2D eigenvalue weighted by Gasteiger charge is 2.17. The second-order valence-corrected chi connectivity index (χ2v) is 4.86. The third-order valence-corrected chi connectivity index (χ3v) is 3.28. The van der Waals surface area contributed by atoms with Gasteiger partial charge in [0.05, 0.1) is 0 Å². The van der Waals surface area contributed by atoms with Gasteiger partial charge in [-0.25, -0.2) is 0 Å². The number of carbonyl (C=O) groups is 1. The minimum Gasteiger partial charge on any atom is -0.484 e. The van der Waals surface area contributed by atoms with Gasteiger partial charge in [0.1, 0.15) is 5.75 Å². The lowest BCUT2D eigenvalue weighted by Crippen LogP contribution is -2.36. The summed E-state index contributed by atoms with van der Waals surface area (Å²) in [6, 6.07) is 5.75. The first-order chi connectivity index (χ1) is 8.65. The molecular weight excluding hydrogens is 228 g/mol. The molecule has 4 nitrogen and oxygen atoms in total. The second kappa shape index (κ2) is 5.76. The molecule has 0 radical (unpaired) electrons. The Labute approximate surface area is 108 Å². The number of nitrogens with two attached hydrogens (primary N) is 1. The van der Waals surface area contributed by atoms with Crippen molar-refractivity contribution in [1.82, 2.24) is 5.32 Å². The third-order valence-electron chi connectivity index (χ3n) is 3.28. The van der Waals surface area contributed by atoms with Gasteiger partial charge < -0.3 is 15.8 Å². The summed E-state index contributed by atoms with van der Waals surface area (Å²) in [5.41, 5.74) is 7.31. The van der Waals surface area contributed by atoms with Crippen molar-refractivity contribution in [2.24, 2.45) is 0 Å². The zero-order valence-electron chi connectivity index (χ0n) is 10.7. The Hall–Kier alpha value is -1.71. The average molecular weight is 248 g/mol. The molecule has 3 N–H and O–H groups in total. The van der Waals surface area contributed by atoms with Crippen LogP contribution in [0, 0.1) is 6.92 Å². The lowest BCUT2D eigenvalue weighted by molar-refractivity contribution is -0.123. The van der Waals surface area contributed by atoms with E-state index in [9.17, 15) is 4.79 Å². The number of anilines is 1. The van der Waals surface area contributed by atoms with Crippen molar-refractivity contribution in [2.75, 3.05) is 12.3 Å². The van der Waals surface area contributed by atoms with Crippen LogP contribution < -0.4 is 15.8 Å². The molecule has 98 valence electrons. The predicted molar refractivity (Wildman–Crippen MR) is 71.5 cm³/mol. The van der Waals surface area contributed by atoms with Gasteiger partial charge in [0.15, 0.2) is 6.61 Å². The molecule has 4 heteroatoms. The number of hydrogen-bond acceptors (Lipinski definition) is 3. The maximum Gasteiger partial charge on any atom is 0.258 e. The molecule has 0 aromatic heterocycles. The van der Waals surface area contributed by atoms with Gasteiger partial charge in [0.25, 0.3) is 5.91 Å². The number of aryl methyl sites for hydroxylation is 1. The van der Waals surface area contributed by atoms with E-state index < -0.39 is 0 Å². The van der Waals surface area contributed by atoms with Crippen molar-refractivity contribution >= 4 is 11.6 Å². The van der Waals surface area contributed by atoms with Gasteiger partial charge in [-0.3, -0.25) is 4.79 Å². The van der Waals surface area contributed by atoms with Gasteiger partial charge in [0, 0.05) is 11.7 Å². The number of nitrogens with one attached hydrogen (secondary N) is 1. The van der Waals surface area contributed by atoms with E-state index in [1.807, 2.05) is 13.0 Å². The molecule has 1 aliphatic carbocycles. The largest absolute Gasteiger partial charge is 0.484 e. The summed E-state index contributed by atoms with van der Waals surface area (Å²) in [5.74, 6) is 0.670. The lowest BCUT2D eigenvalue weighted by atomic mass is 10.2. The SMILES string of the molecule is Cc1cc(N)ccc1OCC(=O)NC1CCCC1. The topological polar surface area (TPSA) is 64.3 Å². The molecule has 0 heterocycles. The standard InChI is InChI=1S/C14H20N2O2/c1-10-8-11(15)6-7-13(10)18-9-14(17)16-12-4-2-3-5-12/h6-8,12H,2-5,9,15H2,1H3,(H,16,17). The molecule has 0 spiro atoms. The van der Waals surface area contributed by atoms with E-state index in [0.29, 0.717) is 17.5 Å². The second-order valence-electron chi connectivity index (χ2n) is 4.86. The van der Waals surface area contributed by atoms with E-state index in [2.05, 4.69) is 5.32 Å². The van der Waals surface area contributed by atoms with E-state index in [1.54, 1.807) is 12.1 Å². The van der Waals surface area contributed by atoms with Gasteiger partial charge >= 0.3 is 0 Å². The first-order valence-corrected chi connectivity index (χ1v) is 6.43. The number of carbonyl (C=O) groups excluding carboxylic acids is 1. The van der Waals surface area contributed by atoms with E-state index in [-0.39, 0.29) is 12.5 Å². The first kappa shape index (κ1) is 12.7. The van der Waals surface area contributed by atoms with Crippen molar-refractivity contribution in [3.63, 3.8) is 0 Å². The fourth-order valence-corrected chi connectivity index (χ4v) is 2.32. The summed E-state index contributed by atoms with van der Waals surface area (Å²) in [4.78, 5) is 11.7. The monoisotopic (exact) mass is 248 g/mol. The Balaban J connectivity index is 1.81. The van der Waals surface area contributed by atoms with Crippen molar-refractivity contribution in [1.29, 1.82) is 0 Å². The van der Waals surface area contributed by atoms with Crippen molar-refractivity contribution < 1.29 is 9.53 Å². The Morgan fingerprint density at radius 1 is 1.44 bits per heavy atom. The zero-order chi connectivity index (χ0) is 13.0. The number of amides is 1. The molecule has 2 rings (SSSR count). The van der Waals surface area contributed by atoms with Gasteiger partial charge in [-0.2, -0.15) is 0 Å². The molecule has 0 aliphatic heterocycles. The van der Waals surface area contributed by atoms with Crippen LogP contribution >= 0.6 is 0 Å². The number of rotatable bonds is 4. The maximum atomic E-state index is 11.7. The van der Waals surface area contributed by atoms with Crippen LogP contribution in [0.15, 0.2) is 18.2 Å². The average Bonchev–Trinajstić information content (AvgIpc) is 2.80.